The Labute approximate surface area is 220 Å². The van der Waals surface area contributed by atoms with Gasteiger partial charge in [0.15, 0.2) is 6.61 Å². The molecule has 0 aliphatic heterocycles. The van der Waals surface area contributed by atoms with Gasteiger partial charge in [-0.2, -0.15) is 0 Å². The maximum Gasteiger partial charge on any atom is 0.261 e. The maximum absolute atomic E-state index is 13.5. The van der Waals surface area contributed by atoms with Crippen LogP contribution in [0.4, 0.5) is 4.39 Å². The summed E-state index contributed by atoms with van der Waals surface area (Å²) in [5, 5.41) is 2.85. The van der Waals surface area contributed by atoms with E-state index in [1.165, 1.54) is 17.0 Å². The van der Waals surface area contributed by atoms with Crippen molar-refractivity contribution in [1.82, 2.24) is 10.2 Å². The molecule has 7 heteroatoms. The number of hydrogen-bond acceptors (Lipinski definition) is 3. The third kappa shape index (κ3) is 7.65. The van der Waals surface area contributed by atoms with Crippen molar-refractivity contribution in [2.45, 2.75) is 45.7 Å². The van der Waals surface area contributed by atoms with Gasteiger partial charge in [-0.25, -0.2) is 4.39 Å². The topological polar surface area (TPSA) is 58.6 Å². The average molecular weight is 555 g/mol. The minimum atomic E-state index is -0.764. The van der Waals surface area contributed by atoms with Gasteiger partial charge in [-0.1, -0.05) is 62.4 Å². The molecule has 0 radical (unpaired) electrons. The molecule has 5 nitrogen and oxygen atoms in total. The van der Waals surface area contributed by atoms with E-state index in [9.17, 15) is 14.0 Å². The van der Waals surface area contributed by atoms with Gasteiger partial charge in [-0.15, -0.1) is 0 Å². The lowest BCUT2D eigenvalue weighted by Crippen LogP contribution is -2.51. The highest BCUT2D eigenvalue weighted by Gasteiger charge is 2.30. The molecule has 1 N–H and O–H groups in total. The lowest BCUT2D eigenvalue weighted by molar-refractivity contribution is -0.142. The van der Waals surface area contributed by atoms with Gasteiger partial charge in [0.25, 0.3) is 5.91 Å². The highest BCUT2D eigenvalue weighted by molar-refractivity contribution is 9.10. The van der Waals surface area contributed by atoms with Gasteiger partial charge in [0.05, 0.1) is 4.47 Å². The smallest absolute Gasteiger partial charge is 0.261 e. The summed E-state index contributed by atoms with van der Waals surface area (Å²) in [4.78, 5) is 28.2. The van der Waals surface area contributed by atoms with Crippen LogP contribution < -0.4 is 10.1 Å². The van der Waals surface area contributed by atoms with Gasteiger partial charge >= 0.3 is 0 Å². The van der Waals surface area contributed by atoms with Gasteiger partial charge in [0.1, 0.15) is 17.6 Å². The van der Waals surface area contributed by atoms with Crippen LogP contribution in [-0.2, 0) is 22.6 Å². The van der Waals surface area contributed by atoms with E-state index in [0.29, 0.717) is 24.6 Å². The fourth-order valence-electron chi connectivity index (χ4n) is 3.85. The Morgan fingerprint density at radius 3 is 2.31 bits per heavy atom. The van der Waals surface area contributed by atoms with Crippen molar-refractivity contribution < 1.29 is 18.7 Å². The highest BCUT2D eigenvalue weighted by atomic mass is 79.9. The summed E-state index contributed by atoms with van der Waals surface area (Å²) in [6.45, 7) is 6.39. The van der Waals surface area contributed by atoms with Crippen molar-refractivity contribution in [1.29, 1.82) is 0 Å². The monoisotopic (exact) mass is 554 g/mol. The molecule has 36 heavy (non-hydrogen) atoms. The molecule has 1 atom stereocenters. The molecule has 0 saturated carbocycles. The van der Waals surface area contributed by atoms with E-state index in [-0.39, 0.29) is 30.8 Å². The number of likely N-dealkylation sites (N-methyl/N-ethyl adjacent to an activating group) is 1. The van der Waals surface area contributed by atoms with E-state index in [1.807, 2.05) is 55.5 Å². The summed E-state index contributed by atoms with van der Waals surface area (Å²) in [7, 11) is 0. The van der Waals surface area contributed by atoms with Gasteiger partial charge in [-0.05, 0) is 69.7 Å². The second-order valence-electron chi connectivity index (χ2n) is 8.88. The number of amides is 2. The molecule has 3 aromatic rings. The van der Waals surface area contributed by atoms with Crippen molar-refractivity contribution in [3.8, 4) is 5.75 Å². The summed E-state index contributed by atoms with van der Waals surface area (Å²) in [5.74, 6) is -0.0454. The minimum Gasteiger partial charge on any atom is -0.483 e. The van der Waals surface area contributed by atoms with Crippen LogP contribution in [0.15, 0.2) is 77.3 Å². The van der Waals surface area contributed by atoms with E-state index in [4.69, 9.17) is 4.74 Å². The summed E-state index contributed by atoms with van der Waals surface area (Å²) >= 11 is 3.53. The number of rotatable bonds is 11. The number of nitrogens with zero attached hydrogens (tertiary/aromatic N) is 1. The van der Waals surface area contributed by atoms with Crippen molar-refractivity contribution in [3.63, 3.8) is 0 Å². The standard InChI is InChI=1S/C29H32BrFN2O3/c1-4-32-29(35)26(16-21-8-6-5-7-9-21)33(18-22-10-13-24(31)14-11-22)28(34)19-36-27-15-12-23(20(2)3)17-25(27)30/h5-15,17,20,26H,4,16,18-19H2,1-3H3,(H,32,35)/t26-/m1/s1. The van der Waals surface area contributed by atoms with Gasteiger partial charge in [0, 0.05) is 19.5 Å². The first-order chi connectivity index (χ1) is 17.3. The van der Waals surface area contributed by atoms with Gasteiger partial charge in [0.2, 0.25) is 5.91 Å². The van der Waals surface area contributed by atoms with Crippen molar-refractivity contribution in [2.24, 2.45) is 0 Å². The zero-order valence-corrected chi connectivity index (χ0v) is 22.4. The number of carbonyl (C=O) groups excluding carboxylic acids is 2. The van der Waals surface area contributed by atoms with Crippen LogP contribution in [0, 0.1) is 5.82 Å². The van der Waals surface area contributed by atoms with Crippen molar-refractivity contribution in [3.05, 3.63) is 99.8 Å². The first-order valence-electron chi connectivity index (χ1n) is 12.1. The Bertz CT molecular complexity index is 1150. The third-order valence-corrected chi connectivity index (χ3v) is 6.48. The molecule has 0 heterocycles. The molecule has 0 aliphatic carbocycles. The van der Waals surface area contributed by atoms with Crippen LogP contribution in [0.25, 0.3) is 0 Å². The van der Waals surface area contributed by atoms with E-state index >= 15 is 0 Å². The van der Waals surface area contributed by atoms with Crippen LogP contribution in [0.1, 0.15) is 43.4 Å². The number of hydrogen-bond donors (Lipinski definition) is 1. The molecule has 0 saturated heterocycles. The van der Waals surface area contributed by atoms with Crippen LogP contribution in [0.5, 0.6) is 5.75 Å². The van der Waals surface area contributed by atoms with Crippen LogP contribution in [0.2, 0.25) is 0 Å². The normalized spacial score (nSPS) is 11.7. The maximum atomic E-state index is 13.5. The number of benzene rings is 3. The van der Waals surface area contributed by atoms with Crippen LogP contribution in [-0.4, -0.2) is 35.9 Å². The Hall–Kier alpha value is -3.19. The Kier molecular flexibility index (Phi) is 10.1. The largest absolute Gasteiger partial charge is 0.483 e. The van der Waals surface area contributed by atoms with Crippen LogP contribution in [0.3, 0.4) is 0 Å². The van der Waals surface area contributed by atoms with Gasteiger partial charge in [-0.3, -0.25) is 9.59 Å². The molecule has 0 spiro atoms. The second-order valence-corrected chi connectivity index (χ2v) is 9.74. The number of nitrogens with one attached hydrogen (secondary N) is 1. The fourth-order valence-corrected chi connectivity index (χ4v) is 4.36. The third-order valence-electron chi connectivity index (χ3n) is 5.86. The molecule has 0 unspecified atom stereocenters. The molecule has 0 aliphatic rings. The fraction of sp³-hybridized carbons (Fsp3) is 0.310. The summed E-state index contributed by atoms with van der Waals surface area (Å²) < 4.78 is 20.2. The molecule has 0 aromatic heterocycles. The predicted molar refractivity (Wildman–Crippen MR) is 143 cm³/mol. The molecule has 2 amide bonds. The van der Waals surface area contributed by atoms with Crippen molar-refractivity contribution in [2.75, 3.05) is 13.2 Å². The SMILES string of the molecule is CCNC(=O)[C@@H](Cc1ccccc1)N(Cc1ccc(F)cc1)C(=O)COc1ccc(C(C)C)cc1Br. The molecular weight excluding hydrogens is 523 g/mol. The molecule has 190 valence electrons. The molecule has 0 fully saturated rings. The molecule has 3 aromatic carbocycles. The Balaban J connectivity index is 1.88. The Morgan fingerprint density at radius 1 is 1.00 bits per heavy atom. The highest BCUT2D eigenvalue weighted by Crippen LogP contribution is 2.29. The van der Waals surface area contributed by atoms with E-state index < -0.39 is 6.04 Å². The minimum absolute atomic E-state index is 0.143. The average Bonchev–Trinajstić information content (AvgIpc) is 2.87. The quantitative estimate of drug-likeness (QED) is 0.322. The van der Waals surface area contributed by atoms with E-state index in [0.717, 1.165) is 21.2 Å². The lowest BCUT2D eigenvalue weighted by atomic mass is 10.0. The Morgan fingerprint density at radius 2 is 1.69 bits per heavy atom. The lowest BCUT2D eigenvalue weighted by Gasteiger charge is -2.31. The molecule has 0 bridgehead atoms. The number of halogens is 2. The first kappa shape index (κ1) is 27.4. The first-order valence-corrected chi connectivity index (χ1v) is 12.9. The number of carbonyl (C=O) groups is 2. The zero-order chi connectivity index (χ0) is 26.1. The van der Waals surface area contributed by atoms with Gasteiger partial charge < -0.3 is 15.0 Å². The molecular formula is C29H32BrFN2O3. The van der Waals surface area contributed by atoms with E-state index in [2.05, 4.69) is 35.1 Å². The van der Waals surface area contributed by atoms with Crippen LogP contribution >= 0.6 is 15.9 Å². The predicted octanol–water partition coefficient (Wildman–Crippen LogP) is 5.87. The zero-order valence-electron chi connectivity index (χ0n) is 20.8. The van der Waals surface area contributed by atoms with E-state index in [1.54, 1.807) is 12.1 Å². The second kappa shape index (κ2) is 13.2. The number of ether oxygens (including phenoxy) is 1. The summed E-state index contributed by atoms with van der Waals surface area (Å²) in [6, 6.07) is 20.5. The molecule has 3 rings (SSSR count). The summed E-state index contributed by atoms with van der Waals surface area (Å²) in [5.41, 5.74) is 2.80. The summed E-state index contributed by atoms with van der Waals surface area (Å²) in [6.07, 6.45) is 0.340. The van der Waals surface area contributed by atoms with Crippen molar-refractivity contribution >= 4 is 27.7 Å².